The Bertz CT molecular complexity index is 1200. The summed E-state index contributed by atoms with van der Waals surface area (Å²) in [5.41, 5.74) is 3.40. The smallest absolute Gasteiger partial charge is 0.354 e. The van der Waals surface area contributed by atoms with Gasteiger partial charge in [-0.25, -0.2) is 4.79 Å². The molecule has 0 heterocycles. The summed E-state index contributed by atoms with van der Waals surface area (Å²) in [5, 5.41) is 14.9. The highest BCUT2D eigenvalue weighted by Crippen LogP contribution is 2.36. The number of anilines is 1. The number of rotatable bonds is 8. The summed E-state index contributed by atoms with van der Waals surface area (Å²) in [7, 11) is 0. The first-order valence-corrected chi connectivity index (χ1v) is 10.6. The first kappa shape index (κ1) is 23.7. The molecule has 0 amide bonds. The number of ketones is 1. The standard InChI is InChI=1S/C26H22ClN3O3/c1-3-33-25(32)18(2)29-30-23-15-11-21(12-16-23)26(17-28,20-9-13-22(27)14-10-20)24(31)19-7-5-4-6-8-19/h4-16,30H,3H2,1-2H3/b29-18+. The number of halogens is 1. The topological polar surface area (TPSA) is 91.5 Å². The second-order valence-corrected chi connectivity index (χ2v) is 7.61. The number of hydrogen-bond acceptors (Lipinski definition) is 6. The first-order valence-electron chi connectivity index (χ1n) is 10.3. The molecule has 0 saturated carbocycles. The van der Waals surface area contributed by atoms with Crippen molar-refractivity contribution in [3.63, 3.8) is 0 Å². The summed E-state index contributed by atoms with van der Waals surface area (Å²) in [6.45, 7) is 3.52. The highest BCUT2D eigenvalue weighted by Gasteiger charge is 2.43. The van der Waals surface area contributed by atoms with Gasteiger partial charge >= 0.3 is 5.97 Å². The van der Waals surface area contributed by atoms with E-state index in [1.807, 2.05) is 6.07 Å². The molecule has 1 unspecified atom stereocenters. The fraction of sp³-hybridized carbons (Fsp3) is 0.154. The third-order valence-corrected chi connectivity index (χ3v) is 5.31. The van der Waals surface area contributed by atoms with Crippen LogP contribution in [-0.2, 0) is 14.9 Å². The maximum absolute atomic E-state index is 13.7. The number of Topliss-reactive ketones (excluding diaryl/α,β-unsaturated/α-hetero) is 1. The first-order chi connectivity index (χ1) is 15.9. The number of ether oxygens (including phenoxy) is 1. The third kappa shape index (κ3) is 5.11. The van der Waals surface area contributed by atoms with Crippen molar-refractivity contribution in [1.29, 1.82) is 5.26 Å². The third-order valence-electron chi connectivity index (χ3n) is 5.06. The number of nitriles is 1. The van der Waals surface area contributed by atoms with E-state index in [4.69, 9.17) is 16.3 Å². The Labute approximate surface area is 197 Å². The van der Waals surface area contributed by atoms with Crippen LogP contribution >= 0.6 is 11.6 Å². The van der Waals surface area contributed by atoms with E-state index < -0.39 is 11.4 Å². The molecule has 3 rings (SSSR count). The number of nitrogens with one attached hydrogen (secondary N) is 1. The van der Waals surface area contributed by atoms with Gasteiger partial charge < -0.3 is 4.74 Å². The van der Waals surface area contributed by atoms with E-state index in [1.54, 1.807) is 86.6 Å². The molecule has 1 atom stereocenters. The van der Waals surface area contributed by atoms with Crippen LogP contribution < -0.4 is 5.43 Å². The Hall–Kier alpha value is -3.95. The van der Waals surface area contributed by atoms with Gasteiger partial charge in [0.05, 0.1) is 18.4 Å². The van der Waals surface area contributed by atoms with Gasteiger partial charge in [0.2, 0.25) is 0 Å². The van der Waals surface area contributed by atoms with Gasteiger partial charge in [0.25, 0.3) is 0 Å². The average molecular weight is 460 g/mol. The number of benzene rings is 3. The van der Waals surface area contributed by atoms with E-state index in [0.29, 0.717) is 27.4 Å². The van der Waals surface area contributed by atoms with Crippen molar-refractivity contribution in [2.45, 2.75) is 19.3 Å². The molecule has 0 saturated heterocycles. The monoisotopic (exact) mass is 459 g/mol. The second-order valence-electron chi connectivity index (χ2n) is 7.17. The summed E-state index contributed by atoms with van der Waals surface area (Å²) in [6.07, 6.45) is 0. The second kappa shape index (κ2) is 10.6. The minimum absolute atomic E-state index is 0.174. The van der Waals surface area contributed by atoms with Crippen molar-refractivity contribution in [2.24, 2.45) is 5.10 Å². The predicted molar refractivity (Wildman–Crippen MR) is 128 cm³/mol. The van der Waals surface area contributed by atoms with Gasteiger partial charge in [0.15, 0.2) is 11.2 Å². The van der Waals surface area contributed by atoms with Crippen LogP contribution in [0.5, 0.6) is 0 Å². The summed E-state index contributed by atoms with van der Waals surface area (Å²) in [5.74, 6) is -0.855. The van der Waals surface area contributed by atoms with E-state index in [1.165, 1.54) is 0 Å². The van der Waals surface area contributed by atoms with Crippen molar-refractivity contribution in [1.82, 2.24) is 0 Å². The number of carbonyl (C=O) groups is 2. The van der Waals surface area contributed by atoms with Crippen molar-refractivity contribution >= 4 is 34.8 Å². The largest absolute Gasteiger partial charge is 0.461 e. The Kier molecular flexibility index (Phi) is 7.60. The Morgan fingerprint density at radius 2 is 1.58 bits per heavy atom. The molecule has 0 aliphatic carbocycles. The summed E-state index contributed by atoms with van der Waals surface area (Å²) < 4.78 is 4.90. The molecule has 0 aliphatic rings. The molecule has 1 N–H and O–H groups in total. The van der Waals surface area contributed by atoms with Gasteiger partial charge in [-0.3, -0.25) is 10.2 Å². The summed E-state index contributed by atoms with van der Waals surface area (Å²) >= 11 is 6.05. The molecule has 6 nitrogen and oxygen atoms in total. The van der Waals surface area contributed by atoms with Crippen molar-refractivity contribution < 1.29 is 14.3 Å². The van der Waals surface area contributed by atoms with Gasteiger partial charge in [-0.2, -0.15) is 10.4 Å². The van der Waals surface area contributed by atoms with Gasteiger partial charge in [-0.05, 0) is 49.2 Å². The van der Waals surface area contributed by atoms with E-state index in [9.17, 15) is 14.9 Å². The van der Waals surface area contributed by atoms with Crippen LogP contribution in [0.4, 0.5) is 5.69 Å². The molecule has 7 heteroatoms. The Balaban J connectivity index is 2.02. The van der Waals surface area contributed by atoms with Crippen LogP contribution in [0.25, 0.3) is 0 Å². The number of esters is 1. The van der Waals surface area contributed by atoms with Gasteiger partial charge in [-0.15, -0.1) is 0 Å². The fourth-order valence-electron chi connectivity index (χ4n) is 3.34. The fourth-order valence-corrected chi connectivity index (χ4v) is 3.46. The zero-order chi connectivity index (χ0) is 23.8. The normalized spacial score (nSPS) is 12.8. The molecule has 0 radical (unpaired) electrons. The molecule has 166 valence electrons. The number of hydrogen-bond donors (Lipinski definition) is 1. The molecule has 0 spiro atoms. The highest BCUT2D eigenvalue weighted by molar-refractivity contribution is 6.35. The van der Waals surface area contributed by atoms with E-state index >= 15 is 0 Å². The van der Waals surface area contributed by atoms with E-state index in [-0.39, 0.29) is 18.1 Å². The molecule has 0 aliphatic heterocycles. The Morgan fingerprint density at radius 1 is 1.00 bits per heavy atom. The van der Waals surface area contributed by atoms with E-state index in [2.05, 4.69) is 16.6 Å². The molecule has 3 aromatic rings. The molecular weight excluding hydrogens is 438 g/mol. The van der Waals surface area contributed by atoms with Crippen LogP contribution in [0.2, 0.25) is 5.02 Å². The minimum atomic E-state index is -1.57. The lowest BCUT2D eigenvalue weighted by Crippen LogP contribution is -2.36. The lowest BCUT2D eigenvalue weighted by Gasteiger charge is -2.27. The van der Waals surface area contributed by atoms with Gasteiger partial charge in [0.1, 0.15) is 5.71 Å². The minimum Gasteiger partial charge on any atom is -0.461 e. The SMILES string of the molecule is CCOC(=O)/C(C)=N/Nc1ccc(C(C#N)(C(=O)c2ccccc2)c2ccc(Cl)cc2)cc1. The maximum atomic E-state index is 13.7. The van der Waals surface area contributed by atoms with Crippen LogP contribution in [0, 0.1) is 11.3 Å². The lowest BCUT2D eigenvalue weighted by atomic mass is 9.70. The average Bonchev–Trinajstić information content (AvgIpc) is 2.85. The maximum Gasteiger partial charge on any atom is 0.354 e. The molecule has 33 heavy (non-hydrogen) atoms. The summed E-state index contributed by atoms with van der Waals surface area (Å²) in [4.78, 5) is 25.4. The molecule has 0 fully saturated rings. The quantitative estimate of drug-likeness (QED) is 0.211. The van der Waals surface area contributed by atoms with Crippen LogP contribution in [-0.4, -0.2) is 24.1 Å². The molecule has 3 aromatic carbocycles. The summed E-state index contributed by atoms with van der Waals surface area (Å²) in [6, 6.07) is 24.4. The zero-order valence-corrected chi connectivity index (χ0v) is 19.0. The molecular formula is C26H22ClN3O3. The van der Waals surface area contributed by atoms with Crippen LogP contribution in [0.15, 0.2) is 84.0 Å². The lowest BCUT2D eigenvalue weighted by molar-refractivity contribution is -0.135. The van der Waals surface area contributed by atoms with Gasteiger partial charge in [-0.1, -0.05) is 66.2 Å². The molecule has 0 aromatic heterocycles. The van der Waals surface area contributed by atoms with Crippen molar-refractivity contribution in [3.05, 3.63) is 101 Å². The van der Waals surface area contributed by atoms with Crippen molar-refractivity contribution in [3.8, 4) is 6.07 Å². The number of hydrazone groups is 1. The van der Waals surface area contributed by atoms with Crippen LogP contribution in [0.3, 0.4) is 0 Å². The van der Waals surface area contributed by atoms with Crippen LogP contribution in [0.1, 0.15) is 35.3 Å². The van der Waals surface area contributed by atoms with Crippen molar-refractivity contribution in [2.75, 3.05) is 12.0 Å². The van der Waals surface area contributed by atoms with Gasteiger partial charge in [0, 0.05) is 10.6 Å². The van der Waals surface area contributed by atoms with E-state index in [0.717, 1.165) is 0 Å². The number of nitrogens with zero attached hydrogens (tertiary/aromatic N) is 2. The zero-order valence-electron chi connectivity index (χ0n) is 18.2. The predicted octanol–water partition coefficient (Wildman–Crippen LogP) is 5.38. The molecule has 0 bridgehead atoms. The highest BCUT2D eigenvalue weighted by atomic mass is 35.5. The number of carbonyl (C=O) groups excluding carboxylic acids is 2. The Morgan fingerprint density at radius 3 is 2.12 bits per heavy atom.